The molecule has 2 aromatic heterocycles. The second-order valence-electron chi connectivity index (χ2n) is 2.76. The van der Waals surface area contributed by atoms with Gasteiger partial charge in [0.05, 0.1) is 0 Å². The summed E-state index contributed by atoms with van der Waals surface area (Å²) in [6.07, 6.45) is 3.43. The first-order valence-corrected chi connectivity index (χ1v) is 5.15. The normalized spacial score (nSPS) is 9.53. The Hall–Kier alpha value is -1.86. The van der Waals surface area contributed by atoms with Crippen molar-refractivity contribution in [1.29, 1.82) is 5.26 Å². The monoisotopic (exact) mass is 213 g/mol. The Balaban J connectivity index is 2.16. The van der Waals surface area contributed by atoms with Gasteiger partial charge in [-0.3, -0.25) is 0 Å². The largest absolute Gasteiger partial charge is 0.250 e. The zero-order valence-electron chi connectivity index (χ0n) is 7.79. The quantitative estimate of drug-likeness (QED) is 0.769. The summed E-state index contributed by atoms with van der Waals surface area (Å²) < 4.78 is 0. The van der Waals surface area contributed by atoms with Crippen molar-refractivity contribution < 1.29 is 0 Å². The predicted molar refractivity (Wildman–Crippen MR) is 57.3 cm³/mol. The highest BCUT2D eigenvalue weighted by atomic mass is 32.2. The molecule has 0 bridgehead atoms. The summed E-state index contributed by atoms with van der Waals surface area (Å²) in [6.45, 7) is 0. The maximum absolute atomic E-state index is 8.59. The molecule has 0 saturated heterocycles. The summed E-state index contributed by atoms with van der Waals surface area (Å²) >= 11 is 1.52. The fraction of sp³-hybridized carbons (Fsp3) is 0. The minimum Gasteiger partial charge on any atom is -0.250 e. The zero-order valence-corrected chi connectivity index (χ0v) is 8.61. The summed E-state index contributed by atoms with van der Waals surface area (Å²) in [6, 6.07) is 11.3. The van der Waals surface area contributed by atoms with Crippen LogP contribution < -0.4 is 0 Å². The van der Waals surface area contributed by atoms with Crippen LogP contribution >= 0.6 is 11.8 Å². The van der Waals surface area contributed by atoms with Crippen LogP contribution in [0.2, 0.25) is 0 Å². The van der Waals surface area contributed by atoms with E-state index in [-0.39, 0.29) is 0 Å². The van der Waals surface area contributed by atoms with E-state index in [1.165, 1.54) is 11.8 Å². The van der Waals surface area contributed by atoms with Crippen LogP contribution in [-0.2, 0) is 0 Å². The van der Waals surface area contributed by atoms with Gasteiger partial charge in [0.1, 0.15) is 16.8 Å². The Kier molecular flexibility index (Phi) is 2.96. The molecule has 0 amide bonds. The summed E-state index contributed by atoms with van der Waals surface area (Å²) in [7, 11) is 0. The first kappa shape index (κ1) is 9.69. The third kappa shape index (κ3) is 2.55. The second-order valence-corrected chi connectivity index (χ2v) is 3.85. The van der Waals surface area contributed by atoms with Crippen LogP contribution in [-0.4, -0.2) is 9.97 Å². The van der Waals surface area contributed by atoms with Crippen LogP contribution in [0.3, 0.4) is 0 Å². The molecule has 0 saturated carbocycles. The van der Waals surface area contributed by atoms with Crippen molar-refractivity contribution in [2.24, 2.45) is 0 Å². The molecule has 0 fully saturated rings. The van der Waals surface area contributed by atoms with Crippen molar-refractivity contribution in [2.45, 2.75) is 9.92 Å². The Labute approximate surface area is 91.8 Å². The standard InChI is InChI=1S/C11H7N3S/c12-7-9-4-5-10(8-14-9)15-11-3-1-2-6-13-11/h1-6,8H. The summed E-state index contributed by atoms with van der Waals surface area (Å²) in [5.41, 5.74) is 0.431. The molecule has 0 radical (unpaired) electrons. The van der Waals surface area contributed by atoms with Crippen LogP contribution in [0.5, 0.6) is 0 Å². The van der Waals surface area contributed by atoms with Crippen molar-refractivity contribution in [2.75, 3.05) is 0 Å². The third-order valence-corrected chi connectivity index (χ3v) is 2.64. The molecule has 0 aliphatic heterocycles. The van der Waals surface area contributed by atoms with E-state index in [4.69, 9.17) is 5.26 Å². The zero-order chi connectivity index (χ0) is 10.5. The Morgan fingerprint density at radius 3 is 2.67 bits per heavy atom. The Morgan fingerprint density at radius 1 is 1.13 bits per heavy atom. The predicted octanol–water partition coefficient (Wildman–Crippen LogP) is 2.50. The van der Waals surface area contributed by atoms with Crippen molar-refractivity contribution in [3.8, 4) is 6.07 Å². The minimum atomic E-state index is 0.431. The van der Waals surface area contributed by atoms with Crippen LogP contribution in [0.15, 0.2) is 52.6 Å². The smallest absolute Gasteiger partial charge is 0.140 e. The van der Waals surface area contributed by atoms with Gasteiger partial charge in [-0.1, -0.05) is 17.8 Å². The van der Waals surface area contributed by atoms with Crippen LogP contribution in [0, 0.1) is 11.3 Å². The molecule has 0 unspecified atom stereocenters. The van der Waals surface area contributed by atoms with E-state index in [2.05, 4.69) is 9.97 Å². The Bertz CT molecular complexity index is 473. The van der Waals surface area contributed by atoms with E-state index in [1.54, 1.807) is 18.5 Å². The van der Waals surface area contributed by atoms with Crippen LogP contribution in [0.1, 0.15) is 5.69 Å². The van der Waals surface area contributed by atoms with Crippen molar-refractivity contribution in [3.63, 3.8) is 0 Å². The molecule has 2 rings (SSSR count). The lowest BCUT2D eigenvalue weighted by Crippen LogP contribution is -1.82. The van der Waals surface area contributed by atoms with E-state index >= 15 is 0 Å². The molecule has 0 spiro atoms. The Morgan fingerprint density at radius 2 is 2.07 bits per heavy atom. The molecule has 15 heavy (non-hydrogen) atoms. The van der Waals surface area contributed by atoms with Gasteiger partial charge in [0.25, 0.3) is 0 Å². The first-order valence-electron chi connectivity index (χ1n) is 4.33. The average molecular weight is 213 g/mol. The van der Waals surface area contributed by atoms with E-state index < -0.39 is 0 Å². The maximum Gasteiger partial charge on any atom is 0.140 e. The molecule has 0 atom stereocenters. The van der Waals surface area contributed by atoms with Gasteiger partial charge in [0, 0.05) is 17.3 Å². The van der Waals surface area contributed by atoms with Gasteiger partial charge in [-0.05, 0) is 24.3 Å². The number of aromatic nitrogens is 2. The molecule has 3 nitrogen and oxygen atoms in total. The van der Waals surface area contributed by atoms with Gasteiger partial charge < -0.3 is 0 Å². The van der Waals surface area contributed by atoms with Crippen molar-refractivity contribution in [3.05, 3.63) is 48.4 Å². The molecule has 4 heteroatoms. The molecule has 0 aliphatic carbocycles. The van der Waals surface area contributed by atoms with Crippen molar-refractivity contribution >= 4 is 11.8 Å². The molecule has 2 heterocycles. The van der Waals surface area contributed by atoms with E-state index in [0.29, 0.717) is 5.69 Å². The molecule has 72 valence electrons. The molecule has 0 aliphatic rings. The van der Waals surface area contributed by atoms with Gasteiger partial charge in [-0.2, -0.15) is 5.26 Å². The number of pyridine rings is 2. The topological polar surface area (TPSA) is 49.6 Å². The number of nitriles is 1. The lowest BCUT2D eigenvalue weighted by molar-refractivity contribution is 1.12. The second kappa shape index (κ2) is 4.58. The molecular formula is C11H7N3S. The van der Waals surface area contributed by atoms with Crippen LogP contribution in [0.4, 0.5) is 0 Å². The van der Waals surface area contributed by atoms with Gasteiger partial charge >= 0.3 is 0 Å². The fourth-order valence-corrected chi connectivity index (χ4v) is 1.78. The summed E-state index contributed by atoms with van der Waals surface area (Å²) in [5, 5.41) is 9.51. The first-order chi connectivity index (χ1) is 7.38. The highest BCUT2D eigenvalue weighted by molar-refractivity contribution is 7.99. The van der Waals surface area contributed by atoms with Crippen molar-refractivity contribution in [1.82, 2.24) is 9.97 Å². The number of nitrogens with zero attached hydrogens (tertiary/aromatic N) is 3. The molecular weight excluding hydrogens is 206 g/mol. The van der Waals surface area contributed by atoms with E-state index in [1.807, 2.05) is 30.3 Å². The highest BCUT2D eigenvalue weighted by Crippen LogP contribution is 2.24. The maximum atomic E-state index is 8.59. The fourth-order valence-electron chi connectivity index (χ4n) is 1.04. The molecule has 0 N–H and O–H groups in total. The SMILES string of the molecule is N#Cc1ccc(Sc2ccccn2)cn1. The number of hydrogen-bond donors (Lipinski definition) is 0. The summed E-state index contributed by atoms with van der Waals surface area (Å²) in [5.74, 6) is 0. The van der Waals surface area contributed by atoms with Crippen LogP contribution in [0.25, 0.3) is 0 Å². The number of rotatable bonds is 2. The average Bonchev–Trinajstić information content (AvgIpc) is 2.31. The summed E-state index contributed by atoms with van der Waals surface area (Å²) in [4.78, 5) is 9.15. The lowest BCUT2D eigenvalue weighted by Gasteiger charge is -1.98. The molecule has 2 aromatic rings. The third-order valence-electron chi connectivity index (χ3n) is 1.71. The van der Waals surface area contributed by atoms with Gasteiger partial charge in [0.15, 0.2) is 0 Å². The molecule has 0 aromatic carbocycles. The number of hydrogen-bond acceptors (Lipinski definition) is 4. The van der Waals surface area contributed by atoms with Gasteiger partial charge in [0.2, 0.25) is 0 Å². The van der Waals surface area contributed by atoms with Gasteiger partial charge in [-0.15, -0.1) is 0 Å². The highest BCUT2D eigenvalue weighted by Gasteiger charge is 1.98. The van der Waals surface area contributed by atoms with E-state index in [9.17, 15) is 0 Å². The minimum absolute atomic E-state index is 0.431. The van der Waals surface area contributed by atoms with Gasteiger partial charge in [-0.25, -0.2) is 9.97 Å². The van der Waals surface area contributed by atoms with E-state index in [0.717, 1.165) is 9.92 Å². The lowest BCUT2D eigenvalue weighted by atomic mass is 10.4.